The van der Waals surface area contributed by atoms with Crippen LogP contribution in [0.15, 0.2) is 0 Å². The molecule has 1 heterocycles. The van der Waals surface area contributed by atoms with Gasteiger partial charge in [0, 0.05) is 6.54 Å². The number of hydrogen-bond donors (Lipinski definition) is 1. The molecule has 2 heteroatoms. The van der Waals surface area contributed by atoms with Gasteiger partial charge in [-0.3, -0.25) is 4.79 Å². The Morgan fingerprint density at radius 1 is 0.656 bits per heavy atom. The van der Waals surface area contributed by atoms with Gasteiger partial charge in [0.2, 0.25) is 5.91 Å². The maximum absolute atomic E-state index is 13.5. The fourth-order valence-corrected chi connectivity index (χ4v) is 5.98. The summed E-state index contributed by atoms with van der Waals surface area (Å²) in [7, 11) is 0. The average molecular weight is 450 g/mol. The van der Waals surface area contributed by atoms with Crippen molar-refractivity contribution in [1.29, 1.82) is 0 Å². The maximum Gasteiger partial charge on any atom is 0.226 e. The molecule has 1 aliphatic rings. The maximum atomic E-state index is 13.5. The van der Waals surface area contributed by atoms with E-state index in [0.717, 1.165) is 19.4 Å². The molecule has 32 heavy (non-hydrogen) atoms. The van der Waals surface area contributed by atoms with Crippen LogP contribution in [0.4, 0.5) is 0 Å². The lowest BCUT2D eigenvalue weighted by molar-refractivity contribution is -0.135. The molecule has 0 aromatic heterocycles. The average Bonchev–Trinajstić information content (AvgIpc) is 2.95. The molecule has 190 valence electrons. The predicted molar refractivity (Wildman–Crippen MR) is 142 cm³/mol. The van der Waals surface area contributed by atoms with E-state index in [2.05, 4.69) is 26.1 Å². The van der Waals surface area contributed by atoms with Gasteiger partial charge in [-0.05, 0) is 38.0 Å². The molecule has 0 spiro atoms. The minimum atomic E-state index is -0.0740. The summed E-state index contributed by atoms with van der Waals surface area (Å²) in [6, 6.07) is 0. The number of hydrogen-bond acceptors (Lipinski definition) is 1. The molecule has 0 radical (unpaired) electrons. The summed E-state index contributed by atoms with van der Waals surface area (Å²) in [4.78, 5) is 13.5. The summed E-state index contributed by atoms with van der Waals surface area (Å²) in [5.74, 6) is 1.04. The smallest absolute Gasteiger partial charge is 0.226 e. The Morgan fingerprint density at radius 2 is 1.09 bits per heavy atom. The van der Waals surface area contributed by atoms with Gasteiger partial charge < -0.3 is 5.32 Å². The predicted octanol–water partition coefficient (Wildman–Crippen LogP) is 9.75. The minimum Gasteiger partial charge on any atom is -0.356 e. The van der Waals surface area contributed by atoms with Crippen LogP contribution in [0.2, 0.25) is 0 Å². The van der Waals surface area contributed by atoms with E-state index in [9.17, 15) is 4.79 Å². The van der Waals surface area contributed by atoms with E-state index in [1.54, 1.807) is 0 Å². The second-order valence-electron chi connectivity index (χ2n) is 10.8. The van der Waals surface area contributed by atoms with Gasteiger partial charge in [0.15, 0.2) is 0 Å². The molecule has 1 N–H and O–H groups in total. The van der Waals surface area contributed by atoms with Gasteiger partial charge in [-0.2, -0.15) is 0 Å². The Balaban J connectivity index is 2.71. The molecule has 0 aliphatic carbocycles. The molecule has 0 aromatic carbocycles. The molecule has 1 fully saturated rings. The van der Waals surface area contributed by atoms with Gasteiger partial charge in [-0.15, -0.1) is 0 Å². The molecule has 1 atom stereocenters. The number of unbranched alkanes of at least 4 members (excludes halogenated alkanes) is 15. The second kappa shape index (κ2) is 19.9. The lowest BCUT2D eigenvalue weighted by atomic mass is 9.65. The molecular formula is C30H59NO. The van der Waals surface area contributed by atoms with E-state index in [4.69, 9.17) is 0 Å². The van der Waals surface area contributed by atoms with Gasteiger partial charge in [0.25, 0.3) is 0 Å². The van der Waals surface area contributed by atoms with Crippen molar-refractivity contribution in [2.75, 3.05) is 6.54 Å². The zero-order valence-corrected chi connectivity index (χ0v) is 22.5. The molecule has 1 saturated heterocycles. The standard InChI is InChI=1S/C30H59NO/c1-4-7-10-13-16-19-23-28-24-22-27-31-29(32)30(28,25-20-17-14-11-8-5-2)26-21-18-15-12-9-6-3/h28H,4-27H2,1-3H3,(H,31,32). The summed E-state index contributed by atoms with van der Waals surface area (Å²) in [6.45, 7) is 7.78. The molecule has 0 bridgehead atoms. The second-order valence-corrected chi connectivity index (χ2v) is 10.8. The van der Waals surface area contributed by atoms with Crippen molar-refractivity contribution in [3.05, 3.63) is 0 Å². The van der Waals surface area contributed by atoms with E-state index >= 15 is 0 Å². The highest BCUT2D eigenvalue weighted by atomic mass is 16.2. The van der Waals surface area contributed by atoms with Crippen LogP contribution in [-0.2, 0) is 4.79 Å². The molecule has 2 nitrogen and oxygen atoms in total. The van der Waals surface area contributed by atoms with Crippen molar-refractivity contribution >= 4 is 5.91 Å². The topological polar surface area (TPSA) is 29.1 Å². The van der Waals surface area contributed by atoms with Crippen molar-refractivity contribution < 1.29 is 4.79 Å². The first-order valence-corrected chi connectivity index (χ1v) is 15.0. The number of carbonyl (C=O) groups is 1. The molecule has 1 amide bonds. The van der Waals surface area contributed by atoms with Crippen LogP contribution in [0, 0.1) is 11.3 Å². The summed E-state index contributed by atoms with van der Waals surface area (Å²) in [5, 5.41) is 3.37. The number of amides is 1. The monoisotopic (exact) mass is 449 g/mol. The van der Waals surface area contributed by atoms with Crippen LogP contribution < -0.4 is 5.32 Å². The van der Waals surface area contributed by atoms with Crippen molar-refractivity contribution in [2.24, 2.45) is 11.3 Å². The Hall–Kier alpha value is -0.530. The van der Waals surface area contributed by atoms with Gasteiger partial charge >= 0.3 is 0 Å². The first-order chi connectivity index (χ1) is 15.7. The SMILES string of the molecule is CCCCCCCCC1CCCNC(=O)C1(CCCCCCCC)CCCCCCCC. The third-order valence-electron chi connectivity index (χ3n) is 8.11. The summed E-state index contributed by atoms with van der Waals surface area (Å²) in [5.41, 5.74) is -0.0740. The largest absolute Gasteiger partial charge is 0.356 e. The van der Waals surface area contributed by atoms with Crippen LogP contribution in [0.3, 0.4) is 0 Å². The van der Waals surface area contributed by atoms with E-state index in [-0.39, 0.29) is 5.41 Å². The zero-order chi connectivity index (χ0) is 23.3. The summed E-state index contributed by atoms with van der Waals surface area (Å²) >= 11 is 0. The third kappa shape index (κ3) is 12.1. The number of rotatable bonds is 21. The normalized spacial score (nSPS) is 18.5. The highest BCUT2D eigenvalue weighted by Crippen LogP contribution is 2.45. The molecule has 0 aromatic rings. The zero-order valence-electron chi connectivity index (χ0n) is 22.5. The fourth-order valence-electron chi connectivity index (χ4n) is 5.98. The summed E-state index contributed by atoms with van der Waals surface area (Å²) in [6.07, 6.45) is 30.1. The molecular weight excluding hydrogens is 390 g/mol. The molecule has 0 saturated carbocycles. The Bertz CT molecular complexity index is 417. The third-order valence-corrected chi connectivity index (χ3v) is 8.11. The first-order valence-electron chi connectivity index (χ1n) is 15.0. The number of carbonyl (C=O) groups excluding carboxylic acids is 1. The lowest BCUT2D eigenvalue weighted by Gasteiger charge is -2.39. The minimum absolute atomic E-state index is 0.0740. The van der Waals surface area contributed by atoms with Gasteiger partial charge in [-0.1, -0.05) is 136 Å². The first kappa shape index (κ1) is 29.5. The van der Waals surface area contributed by atoms with Crippen LogP contribution in [0.5, 0.6) is 0 Å². The summed E-state index contributed by atoms with van der Waals surface area (Å²) < 4.78 is 0. The molecule has 1 rings (SSSR count). The highest BCUT2D eigenvalue weighted by Gasteiger charge is 2.44. The number of nitrogens with one attached hydrogen (secondary N) is 1. The Kier molecular flexibility index (Phi) is 18.3. The van der Waals surface area contributed by atoms with Crippen LogP contribution in [0.25, 0.3) is 0 Å². The van der Waals surface area contributed by atoms with Gasteiger partial charge in [0.1, 0.15) is 0 Å². The van der Waals surface area contributed by atoms with Crippen molar-refractivity contribution in [3.8, 4) is 0 Å². The fraction of sp³-hybridized carbons (Fsp3) is 0.967. The Labute approximate surface area is 202 Å². The van der Waals surface area contributed by atoms with Crippen molar-refractivity contribution in [3.63, 3.8) is 0 Å². The Morgan fingerprint density at radius 3 is 1.59 bits per heavy atom. The van der Waals surface area contributed by atoms with Crippen molar-refractivity contribution in [2.45, 2.75) is 168 Å². The van der Waals surface area contributed by atoms with E-state index in [0.29, 0.717) is 11.8 Å². The van der Waals surface area contributed by atoms with E-state index in [1.165, 1.54) is 135 Å². The molecule has 1 aliphatic heterocycles. The van der Waals surface area contributed by atoms with E-state index < -0.39 is 0 Å². The quantitative estimate of drug-likeness (QED) is 0.174. The van der Waals surface area contributed by atoms with E-state index in [1.807, 2.05) is 0 Å². The highest BCUT2D eigenvalue weighted by molar-refractivity contribution is 5.83. The van der Waals surface area contributed by atoms with Crippen LogP contribution >= 0.6 is 0 Å². The van der Waals surface area contributed by atoms with Crippen LogP contribution in [-0.4, -0.2) is 12.5 Å². The molecule has 1 unspecified atom stereocenters. The lowest BCUT2D eigenvalue weighted by Crippen LogP contribution is -2.44. The van der Waals surface area contributed by atoms with Gasteiger partial charge in [0.05, 0.1) is 5.41 Å². The van der Waals surface area contributed by atoms with Gasteiger partial charge in [-0.25, -0.2) is 0 Å². The van der Waals surface area contributed by atoms with Crippen LogP contribution in [0.1, 0.15) is 168 Å². The van der Waals surface area contributed by atoms with Crippen molar-refractivity contribution in [1.82, 2.24) is 5.32 Å².